The molecule has 10 nitrogen and oxygen atoms in total. The van der Waals surface area contributed by atoms with Gasteiger partial charge in [-0.25, -0.2) is 4.79 Å². The quantitative estimate of drug-likeness (QED) is 0.359. The van der Waals surface area contributed by atoms with Crippen molar-refractivity contribution in [2.24, 2.45) is 5.92 Å². The molecule has 0 saturated carbocycles. The monoisotopic (exact) mass is 543 g/mol. The number of aliphatic carboxylic acids is 1. The Hall–Kier alpha value is -4.30. The Kier molecular flexibility index (Phi) is 8.48. The van der Waals surface area contributed by atoms with Crippen molar-refractivity contribution in [3.8, 4) is 0 Å². The highest BCUT2D eigenvalue weighted by molar-refractivity contribution is 6.01. The predicted molar refractivity (Wildman–Crippen MR) is 122 cm³/mol. The number of aromatic nitrogens is 1. The van der Waals surface area contributed by atoms with Crippen LogP contribution in [0.4, 0.5) is 38.1 Å². The molecule has 0 spiro atoms. The Balaban J connectivity index is 1.63. The molecule has 1 aromatic carbocycles. The summed E-state index contributed by atoms with van der Waals surface area (Å²) in [5.74, 6) is -8.12. The second kappa shape index (κ2) is 11.4. The van der Waals surface area contributed by atoms with Crippen LogP contribution in [0.5, 0.6) is 0 Å². The van der Waals surface area contributed by atoms with E-state index in [9.17, 15) is 46.2 Å². The molecule has 4 amide bonds. The first-order valence-corrected chi connectivity index (χ1v) is 11.1. The topological polar surface area (TPSA) is 141 Å². The fraction of sp³-hybridized carbons (Fsp3) is 0.348. The van der Waals surface area contributed by atoms with Crippen LogP contribution in [0.15, 0.2) is 48.8 Å². The summed E-state index contributed by atoms with van der Waals surface area (Å²) >= 11 is 0. The summed E-state index contributed by atoms with van der Waals surface area (Å²) in [7, 11) is 0. The van der Waals surface area contributed by atoms with Crippen LogP contribution in [0.3, 0.4) is 0 Å². The summed E-state index contributed by atoms with van der Waals surface area (Å²) in [6, 6.07) is 6.46. The average molecular weight is 543 g/mol. The van der Waals surface area contributed by atoms with E-state index in [1.165, 1.54) is 46.9 Å². The van der Waals surface area contributed by atoms with Crippen LogP contribution in [-0.4, -0.2) is 59.1 Å². The van der Waals surface area contributed by atoms with Gasteiger partial charge in [0.1, 0.15) is 0 Å². The number of urea groups is 1. The zero-order chi connectivity index (χ0) is 28.1. The van der Waals surface area contributed by atoms with Crippen molar-refractivity contribution in [2.75, 3.05) is 23.3 Å². The van der Waals surface area contributed by atoms with Crippen LogP contribution < -0.4 is 20.9 Å². The van der Waals surface area contributed by atoms with Crippen molar-refractivity contribution in [1.29, 1.82) is 0 Å². The lowest BCUT2D eigenvalue weighted by Crippen LogP contribution is -2.47. The molecule has 2 aromatic rings. The molecule has 1 fully saturated rings. The van der Waals surface area contributed by atoms with Gasteiger partial charge in [-0.3, -0.25) is 19.4 Å². The van der Waals surface area contributed by atoms with Crippen molar-refractivity contribution >= 4 is 35.2 Å². The number of halogens is 5. The Bertz CT molecular complexity index is 1190. The van der Waals surface area contributed by atoms with Gasteiger partial charge < -0.3 is 26.0 Å². The Labute approximate surface area is 212 Å². The molecular weight excluding hydrogens is 521 g/mol. The van der Waals surface area contributed by atoms with Gasteiger partial charge in [0.25, 0.3) is 0 Å². The first kappa shape index (κ1) is 28.3. The molecule has 1 aliphatic heterocycles. The maximum atomic E-state index is 13.0. The van der Waals surface area contributed by atoms with Gasteiger partial charge in [-0.05, 0) is 29.8 Å². The number of anilines is 2. The van der Waals surface area contributed by atoms with Gasteiger partial charge in [0.15, 0.2) is 0 Å². The van der Waals surface area contributed by atoms with E-state index in [0.717, 1.165) is 0 Å². The molecule has 0 aliphatic carbocycles. The van der Waals surface area contributed by atoms with Crippen LogP contribution >= 0.6 is 0 Å². The van der Waals surface area contributed by atoms with Crippen molar-refractivity contribution in [3.05, 3.63) is 54.4 Å². The van der Waals surface area contributed by atoms with Gasteiger partial charge in [0.2, 0.25) is 11.8 Å². The highest BCUT2D eigenvalue weighted by Gasteiger charge is 2.57. The van der Waals surface area contributed by atoms with Crippen LogP contribution in [-0.2, 0) is 14.4 Å². The number of nitrogens with zero attached hydrogens (tertiary/aromatic N) is 2. The predicted octanol–water partition coefficient (Wildman–Crippen LogP) is 3.09. The van der Waals surface area contributed by atoms with Crippen LogP contribution in [0.25, 0.3) is 0 Å². The molecule has 2 unspecified atom stereocenters. The number of hydrogen-bond donors (Lipinski definition) is 4. The SMILES string of the molecule is O=C(O)CC(NC(=O)C1CC(=O)N(c2cccc(NC(=O)NCC(F)(F)C(F)(F)F)c2)C1)c1cccnc1. The maximum Gasteiger partial charge on any atom is 0.455 e. The number of carbonyl (C=O) groups is 4. The van der Waals surface area contributed by atoms with E-state index < -0.39 is 60.8 Å². The standard InChI is InChI=1S/C23H22F5N5O5/c24-22(25,23(26,27)28)12-30-21(38)31-15-4-1-5-16(8-15)33-11-14(7-18(33)34)20(37)32-17(9-19(35)36)13-3-2-6-29-10-13/h1-6,8,10,14,17H,7,9,11-12H2,(H,32,37)(H,35,36)(H2,30,31,38). The van der Waals surface area contributed by atoms with Gasteiger partial charge in [-0.2, -0.15) is 22.0 Å². The number of hydrogen-bond acceptors (Lipinski definition) is 5. The third-order valence-electron chi connectivity index (χ3n) is 5.58. The van der Waals surface area contributed by atoms with E-state index in [1.807, 2.05) is 0 Å². The zero-order valence-corrected chi connectivity index (χ0v) is 19.5. The van der Waals surface area contributed by atoms with E-state index in [1.54, 1.807) is 12.1 Å². The van der Waals surface area contributed by atoms with Crippen molar-refractivity contribution in [3.63, 3.8) is 0 Å². The van der Waals surface area contributed by atoms with Gasteiger partial charge in [-0.1, -0.05) is 12.1 Å². The van der Waals surface area contributed by atoms with Gasteiger partial charge >= 0.3 is 24.1 Å². The van der Waals surface area contributed by atoms with Gasteiger partial charge in [0.05, 0.1) is 24.9 Å². The van der Waals surface area contributed by atoms with E-state index in [4.69, 9.17) is 0 Å². The third kappa shape index (κ3) is 7.14. The lowest BCUT2D eigenvalue weighted by molar-refractivity contribution is -0.278. The third-order valence-corrected chi connectivity index (χ3v) is 5.58. The summed E-state index contributed by atoms with van der Waals surface area (Å²) in [5.41, 5.74) is 0.696. The van der Waals surface area contributed by atoms with Crippen molar-refractivity contribution < 1.29 is 46.2 Å². The summed E-state index contributed by atoms with van der Waals surface area (Å²) in [5, 5.41) is 15.4. The number of nitrogens with one attached hydrogen (secondary N) is 3. The van der Waals surface area contributed by atoms with Crippen molar-refractivity contribution in [1.82, 2.24) is 15.6 Å². The number of carboxylic acids is 1. The minimum absolute atomic E-state index is 0.00544. The number of amides is 4. The first-order valence-electron chi connectivity index (χ1n) is 11.1. The molecule has 1 aliphatic rings. The minimum atomic E-state index is -5.83. The molecule has 2 heterocycles. The lowest BCUT2D eigenvalue weighted by Gasteiger charge is -2.21. The van der Waals surface area contributed by atoms with Gasteiger partial charge in [-0.15, -0.1) is 0 Å². The van der Waals surface area contributed by atoms with E-state index in [-0.39, 0.29) is 24.3 Å². The highest BCUT2D eigenvalue weighted by atomic mass is 19.4. The number of carboxylic acid groups (broad SMARTS) is 1. The summed E-state index contributed by atoms with van der Waals surface area (Å²) in [6.45, 7) is -2.05. The second-order valence-corrected chi connectivity index (χ2v) is 8.41. The van der Waals surface area contributed by atoms with Crippen molar-refractivity contribution in [2.45, 2.75) is 31.0 Å². The lowest BCUT2D eigenvalue weighted by atomic mass is 10.0. The van der Waals surface area contributed by atoms with Crippen LogP contribution in [0.2, 0.25) is 0 Å². The van der Waals surface area contributed by atoms with E-state index >= 15 is 0 Å². The zero-order valence-electron chi connectivity index (χ0n) is 19.5. The molecule has 3 rings (SSSR count). The maximum absolute atomic E-state index is 13.0. The largest absolute Gasteiger partial charge is 0.481 e. The summed E-state index contributed by atoms with van der Waals surface area (Å²) < 4.78 is 62.8. The minimum Gasteiger partial charge on any atom is -0.481 e. The molecule has 38 heavy (non-hydrogen) atoms. The first-order chi connectivity index (χ1) is 17.8. The Morgan fingerprint density at radius 2 is 1.87 bits per heavy atom. The molecule has 204 valence electrons. The van der Waals surface area contributed by atoms with Crippen LogP contribution in [0, 0.1) is 5.92 Å². The van der Waals surface area contributed by atoms with E-state index in [2.05, 4.69) is 15.6 Å². The Morgan fingerprint density at radius 1 is 1.13 bits per heavy atom. The Morgan fingerprint density at radius 3 is 2.50 bits per heavy atom. The molecule has 1 saturated heterocycles. The number of carbonyl (C=O) groups excluding carboxylic acids is 3. The smallest absolute Gasteiger partial charge is 0.455 e. The normalized spacial score (nSPS) is 16.6. The van der Waals surface area contributed by atoms with E-state index in [0.29, 0.717) is 5.56 Å². The van der Waals surface area contributed by atoms with Crippen LogP contribution in [0.1, 0.15) is 24.4 Å². The number of pyridine rings is 1. The number of benzene rings is 1. The molecule has 1 aromatic heterocycles. The molecule has 2 atom stereocenters. The molecule has 4 N–H and O–H groups in total. The summed E-state index contributed by atoms with van der Waals surface area (Å²) in [4.78, 5) is 53.7. The number of rotatable bonds is 9. The molecule has 15 heteroatoms. The fourth-order valence-electron chi connectivity index (χ4n) is 3.65. The molecule has 0 radical (unpaired) electrons. The highest BCUT2D eigenvalue weighted by Crippen LogP contribution is 2.34. The molecule has 0 bridgehead atoms. The summed E-state index contributed by atoms with van der Waals surface area (Å²) in [6.07, 6.45) is -3.53. The average Bonchev–Trinajstić information content (AvgIpc) is 3.24. The molecular formula is C23H22F5N5O5. The second-order valence-electron chi connectivity index (χ2n) is 8.41. The fourth-order valence-corrected chi connectivity index (χ4v) is 3.65. The number of alkyl halides is 5. The van der Waals surface area contributed by atoms with Gasteiger partial charge in [0, 0.05) is 36.7 Å².